The summed E-state index contributed by atoms with van der Waals surface area (Å²) in [5.74, 6) is 1.55. The molecule has 0 N–H and O–H groups in total. The Morgan fingerprint density at radius 3 is 2.77 bits per heavy atom. The number of hydrogen-bond acceptors (Lipinski definition) is 2. The van der Waals surface area contributed by atoms with Gasteiger partial charge in [0.25, 0.3) is 0 Å². The maximum absolute atomic E-state index is 11.7. The van der Waals surface area contributed by atoms with Crippen LogP contribution in [-0.4, -0.2) is 9.96 Å². The van der Waals surface area contributed by atoms with Crippen molar-refractivity contribution in [2.45, 2.75) is 38.0 Å². The Morgan fingerprint density at radius 1 is 1.46 bits per heavy atom. The Bertz CT molecular complexity index is 278. The maximum atomic E-state index is 11.7. The summed E-state index contributed by atoms with van der Waals surface area (Å²) in [7, 11) is -0.859. The Hall–Kier alpha value is -0.570. The fourth-order valence-electron chi connectivity index (χ4n) is 1.20. The molecule has 1 rings (SSSR count). The second kappa shape index (κ2) is 5.22. The van der Waals surface area contributed by atoms with Gasteiger partial charge in [0, 0.05) is 5.75 Å². The average molecular weight is 200 g/mol. The van der Waals surface area contributed by atoms with E-state index < -0.39 is 10.8 Å². The van der Waals surface area contributed by atoms with Crippen LogP contribution in [0.25, 0.3) is 0 Å². The Labute approximate surface area is 81.8 Å². The van der Waals surface area contributed by atoms with E-state index in [1.54, 1.807) is 12.3 Å². The zero-order chi connectivity index (χ0) is 9.68. The first-order valence-electron chi connectivity index (χ1n) is 4.68. The third-order valence-corrected chi connectivity index (χ3v) is 3.56. The summed E-state index contributed by atoms with van der Waals surface area (Å²) < 4.78 is 16.8. The highest BCUT2D eigenvalue weighted by Gasteiger charge is 2.08. The average Bonchev–Trinajstić information content (AvgIpc) is 2.52. The van der Waals surface area contributed by atoms with Gasteiger partial charge in [-0.3, -0.25) is 4.21 Å². The molecule has 0 fully saturated rings. The molecule has 0 amide bonds. The zero-order valence-electron chi connectivity index (χ0n) is 8.21. The lowest BCUT2D eigenvalue weighted by Crippen LogP contribution is -1.97. The summed E-state index contributed by atoms with van der Waals surface area (Å²) in [6, 6.07) is 1.80. The Balaban J connectivity index is 2.45. The molecule has 74 valence electrons. The van der Waals surface area contributed by atoms with Gasteiger partial charge in [-0.2, -0.15) is 0 Å². The summed E-state index contributed by atoms with van der Waals surface area (Å²) in [6.07, 6.45) is 4.96. The van der Waals surface area contributed by atoms with Gasteiger partial charge in [0.05, 0.1) is 22.0 Å². The minimum atomic E-state index is -0.859. The second-order valence-corrected chi connectivity index (χ2v) is 4.64. The number of hydrogen-bond donors (Lipinski definition) is 0. The predicted molar refractivity (Wildman–Crippen MR) is 54.2 cm³/mol. The minimum absolute atomic E-state index is 0.758. The van der Waals surface area contributed by atoms with Crippen molar-refractivity contribution in [3.63, 3.8) is 0 Å². The van der Waals surface area contributed by atoms with Crippen LogP contribution in [-0.2, 0) is 10.8 Å². The molecule has 1 heterocycles. The van der Waals surface area contributed by atoms with Crippen molar-refractivity contribution in [2.75, 3.05) is 5.75 Å². The molecule has 0 saturated heterocycles. The van der Waals surface area contributed by atoms with Crippen LogP contribution >= 0.6 is 0 Å². The molecule has 0 aromatic carbocycles. The summed E-state index contributed by atoms with van der Waals surface area (Å²) in [5, 5.41) is 0. The van der Waals surface area contributed by atoms with Gasteiger partial charge in [-0.1, -0.05) is 19.8 Å². The molecule has 0 spiro atoms. The number of rotatable bonds is 5. The molecular weight excluding hydrogens is 184 g/mol. The van der Waals surface area contributed by atoms with Gasteiger partial charge in [0.15, 0.2) is 0 Å². The predicted octanol–water partition coefficient (Wildman–Crippen LogP) is 2.89. The molecule has 2 nitrogen and oxygen atoms in total. The molecule has 1 aromatic rings. The Kier molecular flexibility index (Phi) is 4.22. The van der Waals surface area contributed by atoms with Gasteiger partial charge < -0.3 is 4.42 Å². The first-order valence-corrected chi connectivity index (χ1v) is 6.00. The molecule has 1 atom stereocenters. The lowest BCUT2D eigenvalue weighted by molar-refractivity contribution is 0.525. The van der Waals surface area contributed by atoms with Crippen molar-refractivity contribution in [3.8, 4) is 0 Å². The van der Waals surface area contributed by atoms with E-state index >= 15 is 0 Å². The fraction of sp³-hybridized carbons (Fsp3) is 0.600. The third kappa shape index (κ3) is 2.99. The quantitative estimate of drug-likeness (QED) is 0.684. The highest BCUT2D eigenvalue weighted by atomic mass is 32.2. The van der Waals surface area contributed by atoms with Gasteiger partial charge in [0.2, 0.25) is 0 Å². The van der Waals surface area contributed by atoms with Crippen LogP contribution in [0.15, 0.2) is 21.6 Å². The van der Waals surface area contributed by atoms with Crippen LogP contribution < -0.4 is 0 Å². The van der Waals surface area contributed by atoms with Crippen LogP contribution in [0.5, 0.6) is 0 Å². The van der Waals surface area contributed by atoms with Gasteiger partial charge >= 0.3 is 0 Å². The molecule has 0 saturated carbocycles. The third-order valence-electron chi connectivity index (χ3n) is 1.99. The van der Waals surface area contributed by atoms with E-state index in [2.05, 4.69) is 6.92 Å². The lowest BCUT2D eigenvalue weighted by Gasteiger charge is -1.99. The van der Waals surface area contributed by atoms with E-state index in [0.717, 1.165) is 29.3 Å². The first kappa shape index (κ1) is 10.5. The summed E-state index contributed by atoms with van der Waals surface area (Å²) in [5.41, 5.74) is 0. The number of aryl methyl sites for hydroxylation is 1. The van der Waals surface area contributed by atoms with E-state index in [0.29, 0.717) is 0 Å². The van der Waals surface area contributed by atoms with E-state index in [-0.39, 0.29) is 0 Å². The SMILES string of the molecule is CCCCC[S@@](=O)c1ccoc1C. The number of unbranched alkanes of at least 4 members (excludes halogenated alkanes) is 2. The Morgan fingerprint density at radius 2 is 2.23 bits per heavy atom. The van der Waals surface area contributed by atoms with Crippen molar-refractivity contribution in [3.05, 3.63) is 18.1 Å². The molecular formula is C10H16O2S. The standard InChI is InChI=1S/C10H16O2S/c1-3-4-5-8-13(11)10-6-7-12-9(10)2/h6-7H,3-5,8H2,1-2H3/t13-/m1/s1. The molecule has 13 heavy (non-hydrogen) atoms. The van der Waals surface area contributed by atoms with Crippen LogP contribution in [0.4, 0.5) is 0 Å². The van der Waals surface area contributed by atoms with E-state index in [4.69, 9.17) is 4.42 Å². The lowest BCUT2D eigenvalue weighted by atomic mass is 10.3. The summed E-state index contributed by atoms with van der Waals surface area (Å²) in [4.78, 5) is 0.858. The second-order valence-electron chi connectivity index (χ2n) is 3.10. The zero-order valence-corrected chi connectivity index (χ0v) is 9.02. The van der Waals surface area contributed by atoms with Gasteiger partial charge in [-0.15, -0.1) is 0 Å². The van der Waals surface area contributed by atoms with Crippen molar-refractivity contribution in [1.82, 2.24) is 0 Å². The summed E-state index contributed by atoms with van der Waals surface area (Å²) >= 11 is 0. The van der Waals surface area contributed by atoms with E-state index in [9.17, 15) is 4.21 Å². The minimum Gasteiger partial charge on any atom is -0.468 e. The maximum Gasteiger partial charge on any atom is 0.116 e. The molecule has 0 aliphatic rings. The first-order chi connectivity index (χ1) is 6.25. The van der Waals surface area contributed by atoms with Crippen molar-refractivity contribution in [1.29, 1.82) is 0 Å². The molecule has 0 aliphatic carbocycles. The molecule has 3 heteroatoms. The smallest absolute Gasteiger partial charge is 0.116 e. The van der Waals surface area contributed by atoms with Gasteiger partial charge in [-0.05, 0) is 19.4 Å². The van der Waals surface area contributed by atoms with Crippen molar-refractivity contribution >= 4 is 10.8 Å². The molecule has 0 aliphatic heterocycles. The van der Waals surface area contributed by atoms with Crippen LogP contribution in [0.3, 0.4) is 0 Å². The van der Waals surface area contributed by atoms with Crippen LogP contribution in [0.1, 0.15) is 31.9 Å². The highest BCUT2D eigenvalue weighted by molar-refractivity contribution is 7.85. The molecule has 0 radical (unpaired) electrons. The molecule has 0 bridgehead atoms. The fourth-order valence-corrected chi connectivity index (χ4v) is 2.46. The molecule has 0 unspecified atom stereocenters. The van der Waals surface area contributed by atoms with Crippen molar-refractivity contribution < 1.29 is 8.63 Å². The topological polar surface area (TPSA) is 30.2 Å². The normalized spacial score (nSPS) is 13.1. The highest BCUT2D eigenvalue weighted by Crippen LogP contribution is 2.14. The van der Waals surface area contributed by atoms with Crippen LogP contribution in [0.2, 0.25) is 0 Å². The van der Waals surface area contributed by atoms with Gasteiger partial charge in [-0.25, -0.2) is 0 Å². The van der Waals surface area contributed by atoms with E-state index in [1.165, 1.54) is 6.42 Å². The largest absolute Gasteiger partial charge is 0.468 e. The molecule has 1 aromatic heterocycles. The van der Waals surface area contributed by atoms with E-state index in [1.807, 2.05) is 6.92 Å². The van der Waals surface area contributed by atoms with Crippen molar-refractivity contribution in [2.24, 2.45) is 0 Å². The van der Waals surface area contributed by atoms with Crippen LogP contribution in [0, 0.1) is 6.92 Å². The number of furan rings is 1. The van der Waals surface area contributed by atoms with Gasteiger partial charge in [0.1, 0.15) is 5.76 Å². The summed E-state index contributed by atoms with van der Waals surface area (Å²) in [6.45, 7) is 4.00. The monoisotopic (exact) mass is 200 g/mol.